The van der Waals surface area contributed by atoms with Gasteiger partial charge in [-0.3, -0.25) is 4.79 Å². The lowest BCUT2D eigenvalue weighted by Gasteiger charge is -2.43. The monoisotopic (exact) mass is 649 g/mol. The van der Waals surface area contributed by atoms with Crippen LogP contribution in [-0.2, 0) is 36.0 Å². The van der Waals surface area contributed by atoms with Gasteiger partial charge in [-0.25, -0.2) is 13.2 Å². The maximum absolute atomic E-state index is 13.2. The van der Waals surface area contributed by atoms with Crippen LogP contribution >= 0.6 is 0 Å². The summed E-state index contributed by atoms with van der Waals surface area (Å²) < 4.78 is 37.4. The molecule has 0 fully saturated rings. The summed E-state index contributed by atoms with van der Waals surface area (Å²) in [6, 6.07) is 16.2. The third kappa shape index (κ3) is 12.3. The third-order valence-corrected chi connectivity index (χ3v) is 14.0. The van der Waals surface area contributed by atoms with Crippen LogP contribution in [0.3, 0.4) is 0 Å². The van der Waals surface area contributed by atoms with Crippen molar-refractivity contribution in [3.63, 3.8) is 0 Å². The van der Waals surface area contributed by atoms with Gasteiger partial charge >= 0.3 is 12.1 Å². The number of alkyl carbamates (subject to hydrolysis) is 1. The van der Waals surface area contributed by atoms with Gasteiger partial charge in [0.1, 0.15) is 5.60 Å². The molecule has 0 radical (unpaired) electrons. The number of carboxylic acids is 1. The summed E-state index contributed by atoms with van der Waals surface area (Å²) in [5.41, 5.74) is 1.56. The van der Waals surface area contributed by atoms with Gasteiger partial charge in [-0.1, -0.05) is 75.4 Å². The van der Waals surface area contributed by atoms with Crippen LogP contribution < -0.4 is 5.32 Å². The van der Waals surface area contributed by atoms with Gasteiger partial charge in [0.2, 0.25) is 0 Å². The highest BCUT2D eigenvalue weighted by Crippen LogP contribution is 2.43. The van der Waals surface area contributed by atoms with E-state index >= 15 is 0 Å². The number of carboxylic acid groups (broad SMARTS) is 1. The lowest BCUT2D eigenvalue weighted by atomic mass is 9.82. The molecule has 0 heterocycles. The number of nitrogens with one attached hydrogen (secondary N) is 1. The van der Waals surface area contributed by atoms with E-state index in [1.165, 1.54) is 0 Å². The van der Waals surface area contributed by atoms with Gasteiger partial charge < -0.3 is 24.7 Å². The third-order valence-electron chi connectivity index (χ3n) is 7.92. The van der Waals surface area contributed by atoms with Gasteiger partial charge in [-0.15, -0.1) is 0 Å². The average Bonchev–Trinajstić information content (AvgIpc) is 2.87. The Morgan fingerprint density at radius 2 is 1.52 bits per heavy atom. The first kappa shape index (κ1) is 37.5. The Labute approximate surface area is 264 Å². The van der Waals surface area contributed by atoms with Crippen molar-refractivity contribution in [2.75, 3.05) is 12.4 Å². The highest BCUT2D eigenvalue weighted by Gasteiger charge is 2.43. The largest absolute Gasteiger partial charge is 0.481 e. The van der Waals surface area contributed by atoms with Crippen molar-refractivity contribution >= 4 is 30.2 Å². The minimum absolute atomic E-state index is 0.138. The molecule has 0 aliphatic rings. The fourth-order valence-electron chi connectivity index (χ4n) is 4.66. The molecule has 3 atom stereocenters. The number of hydrogen-bond acceptors (Lipinski definition) is 7. The standard InChI is InChI=1S/C33H51NO8SSi/c1-32(2,3)41-31(38)34-28(22-24-12-10-9-11-13-24)27(18-19-29(36)37)30(42-44(7,8)33(4,5)6)26-16-14-25(15-17-26)23-43(39,40)21-20-35/h9-17,27-28,30,35H,18-23H2,1-8H3,(H,34,38)(H,36,37)/t27-,28-,30?/m0/s1. The Morgan fingerprint density at radius 1 is 0.932 bits per heavy atom. The minimum Gasteiger partial charge on any atom is -0.481 e. The van der Waals surface area contributed by atoms with Gasteiger partial charge in [0.25, 0.3) is 0 Å². The molecule has 0 saturated heterocycles. The number of rotatable bonds is 15. The van der Waals surface area contributed by atoms with Crippen LogP contribution in [0.2, 0.25) is 18.1 Å². The lowest BCUT2D eigenvalue weighted by molar-refractivity contribution is -0.137. The molecule has 2 aromatic carbocycles. The maximum atomic E-state index is 13.2. The Balaban J connectivity index is 2.68. The molecule has 0 bridgehead atoms. The number of carbonyl (C=O) groups excluding carboxylic acids is 1. The first-order chi connectivity index (χ1) is 20.2. The van der Waals surface area contributed by atoms with Gasteiger partial charge in [-0.2, -0.15) is 0 Å². The van der Waals surface area contributed by atoms with E-state index in [0.717, 1.165) is 11.1 Å². The summed E-state index contributed by atoms with van der Waals surface area (Å²) in [5.74, 6) is -1.96. The molecule has 2 rings (SSSR count). The topological polar surface area (TPSA) is 139 Å². The zero-order chi connectivity index (χ0) is 33.3. The number of carbonyl (C=O) groups is 2. The fraction of sp³-hybridized carbons (Fsp3) is 0.576. The van der Waals surface area contributed by atoms with Crippen LogP contribution in [0.1, 0.15) is 77.2 Å². The molecule has 9 nitrogen and oxygen atoms in total. The maximum Gasteiger partial charge on any atom is 0.407 e. The average molecular weight is 650 g/mol. The van der Waals surface area contributed by atoms with Crippen LogP contribution in [0.15, 0.2) is 54.6 Å². The Hall–Kier alpha value is -2.73. The Morgan fingerprint density at radius 3 is 2.02 bits per heavy atom. The van der Waals surface area contributed by atoms with Crippen LogP contribution in [0.25, 0.3) is 0 Å². The molecule has 0 saturated carbocycles. The number of benzene rings is 2. The Bertz CT molecular complexity index is 1320. The summed E-state index contributed by atoms with van der Waals surface area (Å²) in [5, 5.41) is 21.8. The normalized spacial score (nSPS) is 14.8. The smallest absolute Gasteiger partial charge is 0.407 e. The van der Waals surface area contributed by atoms with Crippen molar-refractivity contribution < 1.29 is 37.4 Å². The zero-order valence-corrected chi connectivity index (χ0v) is 29.2. The predicted molar refractivity (Wildman–Crippen MR) is 176 cm³/mol. The molecule has 0 spiro atoms. The first-order valence-electron chi connectivity index (χ1n) is 15.1. The number of sulfone groups is 1. The number of aliphatic hydroxyl groups is 1. The number of hydrogen-bond donors (Lipinski definition) is 3. The van der Waals surface area contributed by atoms with Crippen molar-refractivity contribution in [1.29, 1.82) is 0 Å². The minimum atomic E-state index is -3.48. The molecular formula is C33H51NO8SSi. The van der Waals surface area contributed by atoms with E-state index in [0.29, 0.717) is 12.0 Å². The Kier molecular flexibility index (Phi) is 13.2. The molecule has 1 amide bonds. The van der Waals surface area contributed by atoms with Gasteiger partial charge in [0, 0.05) is 18.4 Å². The van der Waals surface area contributed by atoms with Gasteiger partial charge in [0.15, 0.2) is 18.2 Å². The second-order valence-electron chi connectivity index (χ2n) is 13.9. The first-order valence-corrected chi connectivity index (χ1v) is 19.8. The van der Waals surface area contributed by atoms with Crippen LogP contribution in [0.4, 0.5) is 4.79 Å². The van der Waals surface area contributed by atoms with E-state index in [2.05, 4.69) is 39.2 Å². The molecule has 11 heteroatoms. The van der Waals surface area contributed by atoms with Crippen molar-refractivity contribution in [2.45, 2.75) is 102 Å². The zero-order valence-electron chi connectivity index (χ0n) is 27.4. The molecule has 2 aromatic rings. The van der Waals surface area contributed by atoms with Crippen molar-refractivity contribution in [1.82, 2.24) is 5.32 Å². The molecule has 246 valence electrons. The van der Waals surface area contributed by atoms with Crippen LogP contribution in [-0.4, -0.2) is 63.0 Å². The molecule has 44 heavy (non-hydrogen) atoms. The van der Waals surface area contributed by atoms with E-state index in [9.17, 15) is 23.1 Å². The van der Waals surface area contributed by atoms with E-state index in [1.54, 1.807) is 32.9 Å². The lowest BCUT2D eigenvalue weighted by Crippen LogP contribution is -2.49. The quantitative estimate of drug-likeness (QED) is 0.192. The summed E-state index contributed by atoms with van der Waals surface area (Å²) in [6.45, 7) is 15.5. The van der Waals surface area contributed by atoms with Gasteiger partial charge in [-0.05, 0) is 68.4 Å². The van der Waals surface area contributed by atoms with Crippen molar-refractivity contribution in [2.24, 2.45) is 5.92 Å². The van der Waals surface area contributed by atoms with E-state index in [-0.39, 0.29) is 29.4 Å². The SMILES string of the molecule is CC(C)(C)OC(=O)N[C@@H](Cc1ccccc1)[C@H](CCC(=O)O)C(O[Si](C)(C)C(C)(C)C)c1ccc(CS(=O)(=O)CCO)cc1. The second kappa shape index (κ2) is 15.5. The molecular weight excluding hydrogens is 599 g/mol. The van der Waals surface area contributed by atoms with Crippen LogP contribution in [0.5, 0.6) is 0 Å². The summed E-state index contributed by atoms with van der Waals surface area (Å²) in [4.78, 5) is 25.1. The fourth-order valence-corrected chi connectivity index (χ4v) is 7.08. The summed E-state index contributed by atoms with van der Waals surface area (Å²) in [6.07, 6.45) is -0.717. The highest BCUT2D eigenvalue weighted by molar-refractivity contribution is 7.90. The molecule has 3 N–H and O–H groups in total. The summed E-state index contributed by atoms with van der Waals surface area (Å²) in [7, 11) is -5.94. The highest BCUT2D eigenvalue weighted by atomic mass is 32.2. The van der Waals surface area contributed by atoms with E-state index < -0.39 is 60.5 Å². The number of aliphatic carboxylic acids is 1. The molecule has 0 aliphatic carbocycles. The summed E-state index contributed by atoms with van der Waals surface area (Å²) >= 11 is 0. The van der Waals surface area contributed by atoms with E-state index in [1.807, 2.05) is 42.5 Å². The number of aliphatic hydroxyl groups excluding tert-OH is 1. The molecule has 0 aliphatic heterocycles. The van der Waals surface area contributed by atoms with Crippen LogP contribution in [0, 0.1) is 5.92 Å². The molecule has 0 aromatic heterocycles. The second-order valence-corrected chi connectivity index (χ2v) is 20.8. The van der Waals surface area contributed by atoms with E-state index in [4.69, 9.17) is 14.3 Å². The molecule has 1 unspecified atom stereocenters. The predicted octanol–water partition coefficient (Wildman–Crippen LogP) is 6.27. The number of ether oxygens (including phenoxy) is 1. The van der Waals surface area contributed by atoms with Crippen molar-refractivity contribution in [3.8, 4) is 0 Å². The van der Waals surface area contributed by atoms with Crippen molar-refractivity contribution in [3.05, 3.63) is 71.3 Å². The number of amides is 1. The van der Waals surface area contributed by atoms with Gasteiger partial charge in [0.05, 0.1) is 24.2 Å².